The standard InChI is InChI=1S/C21H19ClF2N4O4/c22-11-7-27(6-9(11)5-25)13-4-8-3-10-20(24)26-32-21(10)28-12-1-2-14(29)17(30)18(12)31-19(15(13)23)16(8)28/h4,8-9,11,16H,1-3,5-7,25H2. The van der Waals surface area contributed by atoms with E-state index in [2.05, 4.69) is 5.16 Å². The molecule has 1 aromatic rings. The molecule has 2 N–H and O–H groups in total. The monoisotopic (exact) mass is 464 g/mol. The van der Waals surface area contributed by atoms with Crippen LogP contribution in [0.1, 0.15) is 18.4 Å². The minimum Gasteiger partial charge on any atom is -0.450 e. The van der Waals surface area contributed by atoms with Crippen LogP contribution in [0.5, 0.6) is 0 Å². The van der Waals surface area contributed by atoms with Crippen molar-refractivity contribution in [2.75, 3.05) is 24.5 Å². The molecule has 5 aliphatic rings. The molecule has 1 saturated heterocycles. The molecular weight excluding hydrogens is 446 g/mol. The lowest BCUT2D eigenvalue weighted by Gasteiger charge is -2.47. The van der Waals surface area contributed by atoms with Gasteiger partial charge in [0.2, 0.25) is 11.7 Å². The van der Waals surface area contributed by atoms with Crippen LogP contribution >= 0.6 is 11.6 Å². The number of ether oxygens (including phenoxy) is 1. The highest BCUT2D eigenvalue weighted by Crippen LogP contribution is 2.51. The first-order chi connectivity index (χ1) is 15.4. The summed E-state index contributed by atoms with van der Waals surface area (Å²) in [6.45, 7) is 1.24. The Kier molecular flexibility index (Phi) is 4.29. The zero-order valence-corrected chi connectivity index (χ0v) is 17.6. The summed E-state index contributed by atoms with van der Waals surface area (Å²) >= 11 is 6.39. The summed E-state index contributed by atoms with van der Waals surface area (Å²) in [6.07, 6.45) is 2.19. The summed E-state index contributed by atoms with van der Waals surface area (Å²) in [5.41, 5.74) is 6.71. The third-order valence-electron chi connectivity index (χ3n) is 6.96. The van der Waals surface area contributed by atoms with E-state index in [4.69, 9.17) is 26.6 Å². The maximum Gasteiger partial charge on any atom is 0.265 e. The summed E-state index contributed by atoms with van der Waals surface area (Å²) < 4.78 is 41.4. The van der Waals surface area contributed by atoms with Gasteiger partial charge in [-0.05, 0) is 24.5 Å². The van der Waals surface area contributed by atoms with Gasteiger partial charge in [0.15, 0.2) is 17.3 Å². The Morgan fingerprint density at radius 2 is 2.06 bits per heavy atom. The van der Waals surface area contributed by atoms with Crippen molar-refractivity contribution in [2.45, 2.75) is 30.7 Å². The number of alkyl halides is 1. The van der Waals surface area contributed by atoms with Gasteiger partial charge in [0.1, 0.15) is 6.04 Å². The van der Waals surface area contributed by atoms with Crippen LogP contribution in [-0.2, 0) is 20.7 Å². The molecule has 0 spiro atoms. The van der Waals surface area contributed by atoms with Crippen molar-refractivity contribution < 1.29 is 27.6 Å². The number of rotatable bonds is 2. The number of hydrogen-bond donors (Lipinski definition) is 1. The van der Waals surface area contributed by atoms with Gasteiger partial charge in [0, 0.05) is 31.3 Å². The number of Topliss-reactive ketones (excluding diaryl/α,β-unsaturated/α-hetero) is 2. The van der Waals surface area contributed by atoms with Gasteiger partial charge in [0.25, 0.3) is 11.7 Å². The topological polar surface area (TPSA) is 102 Å². The molecule has 32 heavy (non-hydrogen) atoms. The molecule has 1 aromatic heterocycles. The highest BCUT2D eigenvalue weighted by atomic mass is 35.5. The maximum atomic E-state index is 15.9. The van der Waals surface area contributed by atoms with Crippen LogP contribution in [0.15, 0.2) is 39.3 Å². The second kappa shape index (κ2) is 6.89. The summed E-state index contributed by atoms with van der Waals surface area (Å²) in [5.74, 6) is -3.39. The van der Waals surface area contributed by atoms with Crippen molar-refractivity contribution >= 4 is 29.1 Å². The summed E-state index contributed by atoms with van der Waals surface area (Å²) in [4.78, 5) is 28.0. The first-order valence-corrected chi connectivity index (χ1v) is 11.0. The molecule has 2 aliphatic carbocycles. The molecule has 0 saturated carbocycles. The largest absolute Gasteiger partial charge is 0.450 e. The van der Waals surface area contributed by atoms with Gasteiger partial charge < -0.3 is 19.9 Å². The lowest BCUT2D eigenvalue weighted by atomic mass is 9.80. The van der Waals surface area contributed by atoms with Crippen LogP contribution in [0.4, 0.5) is 14.7 Å². The van der Waals surface area contributed by atoms with Gasteiger partial charge in [-0.25, -0.2) is 4.39 Å². The number of likely N-dealkylation sites (tertiary alicyclic amines) is 1. The van der Waals surface area contributed by atoms with E-state index in [1.54, 1.807) is 15.9 Å². The number of hydrogen-bond acceptors (Lipinski definition) is 8. The lowest BCUT2D eigenvalue weighted by molar-refractivity contribution is -0.137. The van der Waals surface area contributed by atoms with Crippen molar-refractivity contribution in [3.05, 3.63) is 46.3 Å². The van der Waals surface area contributed by atoms with Crippen LogP contribution in [0.2, 0.25) is 0 Å². The van der Waals surface area contributed by atoms with E-state index < -0.39 is 29.4 Å². The van der Waals surface area contributed by atoms with Gasteiger partial charge >= 0.3 is 0 Å². The van der Waals surface area contributed by atoms with Crippen molar-refractivity contribution in [1.29, 1.82) is 0 Å². The number of nitrogens with two attached hydrogens (primary N) is 1. The third kappa shape index (κ3) is 2.59. The molecule has 168 valence electrons. The van der Waals surface area contributed by atoms with E-state index in [-0.39, 0.29) is 65.1 Å². The molecule has 4 heterocycles. The van der Waals surface area contributed by atoms with Crippen molar-refractivity contribution in [3.8, 4) is 0 Å². The summed E-state index contributed by atoms with van der Waals surface area (Å²) in [7, 11) is 0. The maximum absolute atomic E-state index is 15.9. The lowest BCUT2D eigenvalue weighted by Crippen LogP contribution is -2.52. The fraction of sp³-hybridized carbons (Fsp3) is 0.476. The second-order valence-corrected chi connectivity index (χ2v) is 9.28. The first-order valence-electron chi connectivity index (χ1n) is 10.5. The van der Waals surface area contributed by atoms with Gasteiger partial charge in [-0.3, -0.25) is 14.5 Å². The number of carbonyl (C=O) groups excluding carboxylic acids is 2. The Labute approximate surface area is 186 Å². The average molecular weight is 465 g/mol. The SMILES string of the molecule is NCC1CN(C2=CC3Cc4c(F)noc4N4C5=C(OC(=C2F)C34)C(=O)C(=O)CC5)CC1Cl. The zero-order chi connectivity index (χ0) is 22.3. The third-order valence-corrected chi connectivity index (χ3v) is 7.46. The summed E-state index contributed by atoms with van der Waals surface area (Å²) in [5, 5.41) is 3.22. The normalized spacial score (nSPS) is 31.4. The Bertz CT molecular complexity index is 1160. The van der Waals surface area contributed by atoms with Crippen LogP contribution < -0.4 is 10.6 Å². The van der Waals surface area contributed by atoms with Crippen molar-refractivity contribution in [1.82, 2.24) is 10.1 Å². The van der Waals surface area contributed by atoms with E-state index in [0.717, 1.165) is 0 Å². The molecule has 3 aliphatic heterocycles. The van der Waals surface area contributed by atoms with E-state index in [1.807, 2.05) is 0 Å². The highest BCUT2D eigenvalue weighted by molar-refractivity contribution is 6.44. The van der Waals surface area contributed by atoms with E-state index in [9.17, 15) is 14.0 Å². The molecule has 4 atom stereocenters. The molecule has 0 radical (unpaired) electrons. The van der Waals surface area contributed by atoms with Crippen LogP contribution in [0.25, 0.3) is 0 Å². The van der Waals surface area contributed by atoms with Gasteiger partial charge in [-0.2, -0.15) is 4.39 Å². The smallest absolute Gasteiger partial charge is 0.265 e. The number of ketones is 2. The molecule has 4 unspecified atom stereocenters. The second-order valence-electron chi connectivity index (χ2n) is 8.72. The van der Waals surface area contributed by atoms with E-state index >= 15 is 4.39 Å². The Morgan fingerprint density at radius 1 is 1.25 bits per heavy atom. The average Bonchev–Trinajstić information content (AvgIpc) is 3.35. The highest BCUT2D eigenvalue weighted by Gasteiger charge is 2.53. The molecule has 0 amide bonds. The number of fused-ring (bicyclic) bond motifs is 3. The molecule has 1 fully saturated rings. The predicted molar refractivity (Wildman–Crippen MR) is 107 cm³/mol. The first kappa shape index (κ1) is 19.9. The molecule has 0 aromatic carbocycles. The quantitative estimate of drug-likeness (QED) is 0.523. The fourth-order valence-corrected chi connectivity index (χ4v) is 5.70. The van der Waals surface area contributed by atoms with Gasteiger partial charge in [-0.15, -0.1) is 11.6 Å². The number of nitrogens with zero attached hydrogens (tertiary/aromatic N) is 3. The molecule has 8 nitrogen and oxygen atoms in total. The van der Waals surface area contributed by atoms with Gasteiger partial charge in [-0.1, -0.05) is 6.08 Å². The molecular formula is C21H19ClF2N4O4. The van der Waals surface area contributed by atoms with E-state index in [1.165, 1.54) is 0 Å². The Hall–Kier alpha value is -2.72. The van der Waals surface area contributed by atoms with Crippen LogP contribution in [0.3, 0.4) is 0 Å². The number of halogens is 3. The molecule has 11 heteroatoms. The Balaban J connectivity index is 1.51. The predicted octanol–water partition coefficient (Wildman–Crippen LogP) is 1.91. The van der Waals surface area contributed by atoms with Crippen LogP contribution in [0, 0.1) is 17.8 Å². The minimum absolute atomic E-state index is 0.00260. The number of aromatic nitrogens is 1. The summed E-state index contributed by atoms with van der Waals surface area (Å²) in [6, 6.07) is -0.668. The molecule has 6 rings (SSSR count). The zero-order valence-electron chi connectivity index (χ0n) is 16.8. The fourth-order valence-electron chi connectivity index (χ4n) is 5.35. The minimum atomic E-state index is -0.824. The van der Waals surface area contributed by atoms with Crippen molar-refractivity contribution in [3.63, 3.8) is 0 Å². The number of allylic oxidation sites excluding steroid dienone is 3. The van der Waals surface area contributed by atoms with Crippen molar-refractivity contribution in [2.24, 2.45) is 17.6 Å². The van der Waals surface area contributed by atoms with E-state index in [0.29, 0.717) is 25.3 Å². The number of anilines is 1. The van der Waals surface area contributed by atoms with Gasteiger partial charge in [0.05, 0.1) is 22.3 Å². The van der Waals surface area contributed by atoms with Crippen LogP contribution in [-0.4, -0.2) is 52.7 Å². The number of carbonyl (C=O) groups is 2. The molecule has 0 bridgehead atoms. The Morgan fingerprint density at radius 3 is 2.81 bits per heavy atom.